The van der Waals surface area contributed by atoms with E-state index in [1.165, 1.54) is 51.4 Å². The molecule has 0 aromatic heterocycles. The number of unbranched alkanes of at least 4 members (excludes halogenated alkanes) is 15. The molecule has 2 unspecified atom stereocenters. The van der Waals surface area contributed by atoms with Crippen LogP contribution in [0.25, 0.3) is 0 Å². The molecule has 2 atom stereocenters. The Kier molecular flexibility index (Phi) is 35.3. The summed E-state index contributed by atoms with van der Waals surface area (Å²) < 4.78 is 26.8. The van der Waals surface area contributed by atoms with Gasteiger partial charge in [-0.2, -0.15) is 0 Å². The maximum Gasteiger partial charge on any atom is 0.472 e. The van der Waals surface area contributed by atoms with Crippen LogP contribution in [-0.4, -0.2) is 54.3 Å². The summed E-state index contributed by atoms with van der Waals surface area (Å²) in [5.74, 6) is -0.558. The van der Waals surface area contributed by atoms with Crippen molar-refractivity contribution in [2.75, 3.05) is 26.4 Å². The average molecular weight is 726 g/mol. The maximum absolute atomic E-state index is 12.1. The second kappa shape index (κ2) is 36.8. The minimum atomic E-state index is -4.42. The monoisotopic (exact) mass is 725 g/mol. The number of aliphatic hydroxyl groups excluding tert-OH is 1. The van der Waals surface area contributed by atoms with Crippen molar-refractivity contribution in [2.24, 2.45) is 0 Å². The molecule has 0 fully saturated rings. The molecule has 0 heterocycles. The van der Waals surface area contributed by atoms with Gasteiger partial charge in [-0.1, -0.05) is 127 Å². The summed E-state index contributed by atoms with van der Waals surface area (Å²) in [6.07, 6.45) is 40.4. The van der Waals surface area contributed by atoms with Crippen molar-refractivity contribution in [3.05, 3.63) is 48.6 Å². The Bertz CT molecular complexity index is 965. The van der Waals surface area contributed by atoms with Crippen molar-refractivity contribution in [3.63, 3.8) is 0 Å². The van der Waals surface area contributed by atoms with Crippen LogP contribution >= 0.6 is 7.82 Å². The molecular formula is C40H72NO8P. The molecule has 0 aromatic rings. The molecule has 290 valence electrons. The fourth-order valence-corrected chi connectivity index (χ4v) is 5.79. The largest absolute Gasteiger partial charge is 0.472 e. The van der Waals surface area contributed by atoms with Crippen LogP contribution in [0.2, 0.25) is 0 Å². The molecule has 1 amide bonds. The zero-order valence-electron chi connectivity index (χ0n) is 31.6. The first-order valence-electron chi connectivity index (χ1n) is 19.6. The van der Waals surface area contributed by atoms with Crippen LogP contribution in [0.5, 0.6) is 0 Å². The van der Waals surface area contributed by atoms with E-state index < -0.39 is 26.5 Å². The second-order valence-corrected chi connectivity index (χ2v) is 14.3. The Morgan fingerprint density at radius 3 is 1.76 bits per heavy atom. The van der Waals surface area contributed by atoms with E-state index in [0.29, 0.717) is 6.42 Å². The van der Waals surface area contributed by atoms with Gasteiger partial charge >= 0.3 is 13.8 Å². The molecule has 50 heavy (non-hydrogen) atoms. The highest BCUT2D eigenvalue weighted by atomic mass is 31.2. The van der Waals surface area contributed by atoms with Crippen molar-refractivity contribution < 1.29 is 37.9 Å². The van der Waals surface area contributed by atoms with Gasteiger partial charge in [-0.05, 0) is 70.6 Å². The van der Waals surface area contributed by atoms with E-state index in [2.05, 4.69) is 67.8 Å². The number of allylic oxidation sites excluding steroid dienone is 8. The number of phosphoric acid groups is 1. The summed E-state index contributed by atoms with van der Waals surface area (Å²) in [6.45, 7) is 3.37. The van der Waals surface area contributed by atoms with Crippen molar-refractivity contribution >= 4 is 19.7 Å². The normalized spacial score (nSPS) is 13.9. The quantitative estimate of drug-likeness (QED) is 0.0252. The van der Waals surface area contributed by atoms with Crippen molar-refractivity contribution in [2.45, 2.75) is 168 Å². The number of carbonyl (C=O) groups excluding carboxylic acids is 2. The van der Waals surface area contributed by atoms with Crippen molar-refractivity contribution in [3.8, 4) is 0 Å². The molecule has 0 aliphatic carbocycles. The molecule has 0 rings (SSSR count). The first-order valence-corrected chi connectivity index (χ1v) is 21.1. The molecule has 3 N–H and O–H groups in total. The summed E-state index contributed by atoms with van der Waals surface area (Å²) >= 11 is 0. The Morgan fingerprint density at radius 1 is 0.640 bits per heavy atom. The number of nitrogens with one attached hydrogen (secondary N) is 1. The Balaban J connectivity index is 3.67. The lowest BCUT2D eigenvalue weighted by Gasteiger charge is -2.15. The van der Waals surface area contributed by atoms with Gasteiger partial charge in [0.05, 0.1) is 13.2 Å². The van der Waals surface area contributed by atoms with Crippen LogP contribution < -0.4 is 5.32 Å². The molecule has 0 aliphatic rings. The summed E-state index contributed by atoms with van der Waals surface area (Å²) in [4.78, 5) is 33.8. The van der Waals surface area contributed by atoms with Crippen LogP contribution in [0, 0.1) is 0 Å². The number of rotatable bonds is 36. The number of ether oxygens (including phenoxy) is 1. The third kappa shape index (κ3) is 37.2. The highest BCUT2D eigenvalue weighted by Crippen LogP contribution is 2.42. The van der Waals surface area contributed by atoms with Gasteiger partial charge in [0.1, 0.15) is 12.7 Å². The van der Waals surface area contributed by atoms with E-state index in [0.717, 1.165) is 83.5 Å². The Morgan fingerprint density at radius 2 is 1.14 bits per heavy atom. The highest BCUT2D eigenvalue weighted by molar-refractivity contribution is 7.47. The lowest BCUT2D eigenvalue weighted by molar-refractivity contribution is -0.147. The maximum atomic E-state index is 12.1. The van der Waals surface area contributed by atoms with E-state index in [-0.39, 0.29) is 32.1 Å². The molecule has 0 aliphatic heterocycles. The van der Waals surface area contributed by atoms with Crippen LogP contribution in [0.3, 0.4) is 0 Å². The lowest BCUT2D eigenvalue weighted by Crippen LogP contribution is -2.27. The number of hydrogen-bond acceptors (Lipinski definition) is 7. The van der Waals surface area contributed by atoms with E-state index in [1.54, 1.807) is 0 Å². The molecule has 0 saturated carbocycles. The number of phosphoric ester groups is 1. The predicted octanol–water partition coefficient (Wildman–Crippen LogP) is 10.4. The number of hydrogen-bond donors (Lipinski definition) is 3. The van der Waals surface area contributed by atoms with Gasteiger partial charge in [-0.3, -0.25) is 18.6 Å². The molecule has 0 saturated heterocycles. The van der Waals surface area contributed by atoms with Crippen molar-refractivity contribution in [1.82, 2.24) is 5.32 Å². The molecule has 0 radical (unpaired) electrons. The van der Waals surface area contributed by atoms with Gasteiger partial charge in [0, 0.05) is 19.4 Å². The molecule has 0 spiro atoms. The standard InChI is InChI=1S/C40H72NO8P/c1-3-5-7-9-11-13-15-17-18-19-21-23-25-27-29-31-33-40(44)47-36-38(42)37-49-50(45,46)48-35-34-41-39(43)32-30-28-26-24-22-20-16-14-12-10-8-6-4-2/h6,8,12,14,18-20,22,38,42H,3-5,7,9-11,13,15-17,21,23-37H2,1-2H3,(H,41,43)(H,45,46)/b8-6-,14-12-,19-18-,22-20-. The summed E-state index contributed by atoms with van der Waals surface area (Å²) in [5.41, 5.74) is 0. The average Bonchev–Trinajstić information content (AvgIpc) is 3.10. The van der Waals surface area contributed by atoms with E-state index in [9.17, 15) is 24.2 Å². The summed E-state index contributed by atoms with van der Waals surface area (Å²) in [6, 6.07) is 0. The topological polar surface area (TPSA) is 131 Å². The van der Waals surface area contributed by atoms with Crippen LogP contribution in [0.1, 0.15) is 162 Å². The number of esters is 1. The Labute approximate surface area is 305 Å². The van der Waals surface area contributed by atoms with E-state index >= 15 is 0 Å². The lowest BCUT2D eigenvalue weighted by atomic mass is 10.1. The fourth-order valence-electron chi connectivity index (χ4n) is 5.03. The summed E-state index contributed by atoms with van der Waals surface area (Å²) in [7, 11) is -4.42. The third-order valence-corrected chi connectivity index (χ3v) is 8.98. The molecule has 0 aromatic carbocycles. The zero-order chi connectivity index (χ0) is 36.8. The molecule has 10 heteroatoms. The van der Waals surface area contributed by atoms with Crippen LogP contribution in [0.15, 0.2) is 48.6 Å². The summed E-state index contributed by atoms with van der Waals surface area (Å²) in [5, 5.41) is 12.6. The van der Waals surface area contributed by atoms with Gasteiger partial charge in [-0.25, -0.2) is 4.57 Å². The minimum absolute atomic E-state index is 0.0633. The molecular weight excluding hydrogens is 653 g/mol. The first kappa shape index (κ1) is 48.0. The second-order valence-electron chi connectivity index (χ2n) is 12.9. The minimum Gasteiger partial charge on any atom is -0.463 e. The Hall–Kier alpha value is -2.03. The van der Waals surface area contributed by atoms with E-state index in [1.807, 2.05) is 0 Å². The highest BCUT2D eigenvalue weighted by Gasteiger charge is 2.23. The number of aliphatic hydroxyl groups is 1. The van der Waals surface area contributed by atoms with Gasteiger partial charge < -0.3 is 20.1 Å². The number of amides is 1. The van der Waals surface area contributed by atoms with Gasteiger partial charge in [-0.15, -0.1) is 0 Å². The first-order chi connectivity index (χ1) is 24.3. The van der Waals surface area contributed by atoms with Crippen LogP contribution in [0.4, 0.5) is 0 Å². The zero-order valence-corrected chi connectivity index (χ0v) is 32.5. The SMILES string of the molecule is CC/C=C\C/C=C\C/C=C\CCCCCC(=O)NCCOP(=O)(O)OCC(O)COC(=O)CCCCCCC/C=C\CCCCCCCCC. The fraction of sp³-hybridized carbons (Fsp3) is 0.750. The number of carbonyl (C=O) groups is 2. The molecule has 9 nitrogen and oxygen atoms in total. The smallest absolute Gasteiger partial charge is 0.463 e. The van der Waals surface area contributed by atoms with Gasteiger partial charge in [0.2, 0.25) is 5.91 Å². The van der Waals surface area contributed by atoms with Gasteiger partial charge in [0.15, 0.2) is 0 Å². The van der Waals surface area contributed by atoms with Crippen LogP contribution in [-0.2, 0) is 27.9 Å². The predicted molar refractivity (Wildman–Crippen MR) is 206 cm³/mol. The third-order valence-electron chi connectivity index (χ3n) is 7.99. The van der Waals surface area contributed by atoms with Gasteiger partial charge in [0.25, 0.3) is 0 Å². The molecule has 0 bridgehead atoms. The van der Waals surface area contributed by atoms with E-state index in [4.69, 9.17) is 13.8 Å². The van der Waals surface area contributed by atoms with Crippen molar-refractivity contribution in [1.29, 1.82) is 0 Å².